The second-order valence-electron chi connectivity index (χ2n) is 4.66. The summed E-state index contributed by atoms with van der Waals surface area (Å²) in [5.74, 6) is -0.964. The van der Waals surface area contributed by atoms with Crippen molar-refractivity contribution in [3.8, 4) is 0 Å². The number of carbonyl (C=O) groups is 1. The minimum Gasteiger partial charge on any atom is -0.478 e. The molecule has 0 saturated carbocycles. The van der Waals surface area contributed by atoms with Gasteiger partial charge in [-0.05, 0) is 54.5 Å². The third-order valence-corrected chi connectivity index (χ3v) is 3.66. The average Bonchev–Trinajstić information content (AvgIpc) is 2.52. The van der Waals surface area contributed by atoms with Crippen LogP contribution >= 0.6 is 23.8 Å². The lowest BCUT2D eigenvalue weighted by Gasteiger charge is -2.10. The normalized spacial score (nSPS) is 10.5. The van der Waals surface area contributed by atoms with Gasteiger partial charge in [-0.25, -0.2) is 4.79 Å². The number of rotatable bonds is 4. The molecule has 3 N–H and O–H groups in total. The van der Waals surface area contributed by atoms with Crippen LogP contribution in [0.25, 0.3) is 0 Å². The molecule has 7 heteroatoms. The summed E-state index contributed by atoms with van der Waals surface area (Å²) in [6, 6.07) is 11.8. The fraction of sp³-hybridized carbons (Fsp3) is 0.0625. The Morgan fingerprint density at radius 1 is 1.26 bits per heavy atom. The number of aromatic carboxylic acids is 1. The molecule has 0 aliphatic rings. The smallest absolute Gasteiger partial charge is 0.335 e. The van der Waals surface area contributed by atoms with Crippen LogP contribution in [-0.4, -0.2) is 22.4 Å². The van der Waals surface area contributed by atoms with Gasteiger partial charge >= 0.3 is 5.97 Å². The quantitative estimate of drug-likeness (QED) is 0.447. The molecule has 0 aliphatic carbocycles. The largest absolute Gasteiger partial charge is 0.478 e. The Morgan fingerprint density at radius 3 is 2.61 bits per heavy atom. The summed E-state index contributed by atoms with van der Waals surface area (Å²) < 4.78 is 0. The van der Waals surface area contributed by atoms with Crippen molar-refractivity contribution in [3.63, 3.8) is 0 Å². The molecule has 0 fully saturated rings. The van der Waals surface area contributed by atoms with E-state index in [1.165, 1.54) is 12.1 Å². The number of nitrogens with zero attached hydrogens (tertiary/aromatic N) is 1. The third-order valence-electron chi connectivity index (χ3n) is 3.05. The first kappa shape index (κ1) is 16.9. The van der Waals surface area contributed by atoms with Gasteiger partial charge in [-0.3, -0.25) is 5.43 Å². The number of hydrogen-bond acceptors (Lipinski definition) is 3. The van der Waals surface area contributed by atoms with Crippen LogP contribution in [0.3, 0.4) is 0 Å². The van der Waals surface area contributed by atoms with Crippen LogP contribution in [0.15, 0.2) is 47.6 Å². The molecule has 0 bridgehead atoms. The Morgan fingerprint density at radius 2 is 1.96 bits per heavy atom. The van der Waals surface area contributed by atoms with Gasteiger partial charge in [-0.15, -0.1) is 0 Å². The molecule has 2 aromatic rings. The number of halogens is 1. The van der Waals surface area contributed by atoms with E-state index in [0.29, 0.717) is 10.1 Å². The van der Waals surface area contributed by atoms with Crippen LogP contribution in [0.4, 0.5) is 5.69 Å². The molecular weight excluding hydrogens is 334 g/mol. The maximum Gasteiger partial charge on any atom is 0.335 e. The summed E-state index contributed by atoms with van der Waals surface area (Å²) in [6.45, 7) is 1.89. The first-order valence-electron chi connectivity index (χ1n) is 6.66. The number of hydrazone groups is 1. The number of carboxylic acid groups (broad SMARTS) is 1. The lowest BCUT2D eigenvalue weighted by molar-refractivity contribution is 0.0697. The summed E-state index contributed by atoms with van der Waals surface area (Å²) in [5, 5.41) is 16.8. The zero-order valence-electron chi connectivity index (χ0n) is 12.2. The summed E-state index contributed by atoms with van der Waals surface area (Å²) in [7, 11) is 0. The minimum atomic E-state index is -0.964. The molecule has 0 aromatic heterocycles. The molecule has 118 valence electrons. The lowest BCUT2D eigenvalue weighted by Crippen LogP contribution is -2.24. The Kier molecular flexibility index (Phi) is 5.67. The van der Waals surface area contributed by atoms with E-state index in [1.807, 2.05) is 19.1 Å². The van der Waals surface area contributed by atoms with Crippen molar-refractivity contribution in [1.29, 1.82) is 0 Å². The molecule has 0 spiro atoms. The van der Waals surface area contributed by atoms with E-state index in [2.05, 4.69) is 15.8 Å². The van der Waals surface area contributed by atoms with Gasteiger partial charge in [0.15, 0.2) is 5.11 Å². The SMILES string of the molecule is Cc1c(Cl)cccc1NC(=S)N/N=C/c1ccc(C(=O)O)cc1. The van der Waals surface area contributed by atoms with Gasteiger partial charge in [-0.1, -0.05) is 29.8 Å². The van der Waals surface area contributed by atoms with Crippen molar-refractivity contribution in [1.82, 2.24) is 5.43 Å². The molecule has 2 rings (SSSR count). The van der Waals surface area contributed by atoms with Gasteiger partial charge in [0.25, 0.3) is 0 Å². The average molecular weight is 348 g/mol. The molecule has 0 unspecified atom stereocenters. The molecule has 0 atom stereocenters. The van der Waals surface area contributed by atoms with E-state index in [1.54, 1.807) is 24.4 Å². The number of benzene rings is 2. The first-order valence-corrected chi connectivity index (χ1v) is 7.44. The highest BCUT2D eigenvalue weighted by Gasteiger charge is 2.03. The molecule has 0 aliphatic heterocycles. The topological polar surface area (TPSA) is 73.7 Å². The minimum absolute atomic E-state index is 0.226. The second kappa shape index (κ2) is 7.71. The van der Waals surface area contributed by atoms with E-state index in [4.69, 9.17) is 28.9 Å². The molecule has 2 aromatic carbocycles. The van der Waals surface area contributed by atoms with Crippen LogP contribution in [0.2, 0.25) is 5.02 Å². The van der Waals surface area contributed by atoms with Gasteiger partial charge in [0.1, 0.15) is 0 Å². The monoisotopic (exact) mass is 347 g/mol. The second-order valence-corrected chi connectivity index (χ2v) is 5.48. The molecular formula is C16H14ClN3O2S. The zero-order valence-corrected chi connectivity index (χ0v) is 13.8. The standard InChI is InChI=1S/C16H14ClN3O2S/c1-10-13(17)3-2-4-14(10)19-16(23)20-18-9-11-5-7-12(8-6-11)15(21)22/h2-9H,1H3,(H,21,22)(H2,19,20,23)/b18-9+. The summed E-state index contributed by atoms with van der Waals surface area (Å²) >= 11 is 11.2. The van der Waals surface area contributed by atoms with E-state index >= 15 is 0 Å². The van der Waals surface area contributed by atoms with Gasteiger partial charge < -0.3 is 10.4 Å². The number of thiocarbonyl (C=S) groups is 1. The van der Waals surface area contributed by atoms with Crippen LogP contribution in [0.5, 0.6) is 0 Å². The van der Waals surface area contributed by atoms with Crippen LogP contribution < -0.4 is 10.7 Å². The van der Waals surface area contributed by atoms with Gasteiger partial charge in [0.05, 0.1) is 11.8 Å². The van der Waals surface area contributed by atoms with E-state index < -0.39 is 5.97 Å². The molecule has 23 heavy (non-hydrogen) atoms. The number of nitrogens with one attached hydrogen (secondary N) is 2. The van der Waals surface area contributed by atoms with E-state index in [9.17, 15) is 4.79 Å². The maximum absolute atomic E-state index is 10.8. The number of anilines is 1. The number of carboxylic acids is 1. The molecule has 0 saturated heterocycles. The fourth-order valence-electron chi connectivity index (χ4n) is 1.77. The summed E-state index contributed by atoms with van der Waals surface area (Å²) in [6.07, 6.45) is 1.55. The Balaban J connectivity index is 1.93. The predicted octanol–water partition coefficient (Wildman–Crippen LogP) is 3.67. The highest BCUT2D eigenvalue weighted by atomic mass is 35.5. The van der Waals surface area contributed by atoms with E-state index in [-0.39, 0.29) is 5.56 Å². The summed E-state index contributed by atoms with van der Waals surface area (Å²) in [4.78, 5) is 10.8. The molecule has 0 radical (unpaired) electrons. The Bertz CT molecular complexity index is 760. The lowest BCUT2D eigenvalue weighted by atomic mass is 10.1. The molecule has 0 heterocycles. The van der Waals surface area contributed by atoms with Gasteiger partial charge in [-0.2, -0.15) is 5.10 Å². The molecule has 0 amide bonds. The van der Waals surface area contributed by atoms with E-state index in [0.717, 1.165) is 16.8 Å². The van der Waals surface area contributed by atoms with Crippen LogP contribution in [-0.2, 0) is 0 Å². The van der Waals surface area contributed by atoms with Crippen molar-refractivity contribution >= 4 is 46.8 Å². The van der Waals surface area contributed by atoms with Gasteiger partial charge in [0, 0.05) is 10.7 Å². The summed E-state index contributed by atoms with van der Waals surface area (Å²) in [5.41, 5.74) is 5.37. The highest BCUT2D eigenvalue weighted by Crippen LogP contribution is 2.22. The van der Waals surface area contributed by atoms with Crippen molar-refractivity contribution in [3.05, 3.63) is 64.2 Å². The van der Waals surface area contributed by atoms with Crippen molar-refractivity contribution in [2.24, 2.45) is 5.10 Å². The Labute approximate surface area is 144 Å². The maximum atomic E-state index is 10.8. The van der Waals surface area contributed by atoms with Crippen LogP contribution in [0, 0.1) is 6.92 Å². The van der Waals surface area contributed by atoms with Gasteiger partial charge in [0.2, 0.25) is 0 Å². The first-order chi connectivity index (χ1) is 11.0. The fourth-order valence-corrected chi connectivity index (χ4v) is 2.11. The molecule has 5 nitrogen and oxygen atoms in total. The third kappa shape index (κ3) is 4.77. The number of hydrogen-bond donors (Lipinski definition) is 3. The van der Waals surface area contributed by atoms with Crippen molar-refractivity contribution in [2.75, 3.05) is 5.32 Å². The van der Waals surface area contributed by atoms with Crippen molar-refractivity contribution in [2.45, 2.75) is 6.92 Å². The highest BCUT2D eigenvalue weighted by molar-refractivity contribution is 7.80. The predicted molar refractivity (Wildman–Crippen MR) is 96.5 cm³/mol. The van der Waals surface area contributed by atoms with Crippen LogP contribution in [0.1, 0.15) is 21.5 Å². The zero-order chi connectivity index (χ0) is 16.8. The Hall–Kier alpha value is -2.44. The van der Waals surface area contributed by atoms with Crippen molar-refractivity contribution < 1.29 is 9.90 Å².